The molecule has 0 radical (unpaired) electrons. The molecule has 0 aromatic heterocycles. The molecule has 3 heteroatoms. The molecule has 0 aromatic carbocycles. The Labute approximate surface area is 73.1 Å². The van der Waals surface area contributed by atoms with E-state index < -0.39 is 0 Å². The number of piperazine rings is 1. The maximum Gasteiger partial charge on any atom is 0.151 e. The van der Waals surface area contributed by atoms with Gasteiger partial charge in [-0.05, 0) is 6.54 Å². The second kappa shape index (κ2) is 2.82. The number of ketones is 1. The Bertz CT molecular complexity index is 205. The molecule has 0 aromatic rings. The average Bonchev–Trinajstić information content (AvgIpc) is 2.76. The van der Waals surface area contributed by atoms with E-state index in [9.17, 15) is 4.79 Å². The van der Waals surface area contributed by atoms with E-state index in [1.165, 1.54) is 0 Å². The molecule has 2 aliphatic heterocycles. The molecule has 0 amide bonds. The highest BCUT2D eigenvalue weighted by Gasteiger charge is 2.53. The van der Waals surface area contributed by atoms with Crippen LogP contribution in [0.2, 0.25) is 0 Å². The lowest BCUT2D eigenvalue weighted by molar-refractivity contribution is -0.123. The highest BCUT2D eigenvalue weighted by atomic mass is 16.1. The van der Waals surface area contributed by atoms with Crippen LogP contribution in [-0.2, 0) is 4.79 Å². The van der Waals surface area contributed by atoms with Crippen molar-refractivity contribution in [3.63, 3.8) is 0 Å². The number of rotatable bonds is 3. The second-order valence-corrected chi connectivity index (χ2v) is 3.65. The third-order valence-electron chi connectivity index (χ3n) is 2.98. The van der Waals surface area contributed by atoms with Crippen LogP contribution in [0.3, 0.4) is 0 Å². The summed E-state index contributed by atoms with van der Waals surface area (Å²) in [5.74, 6) is 0.398. The third kappa shape index (κ3) is 1.08. The molecule has 1 N–H and O–H groups in total. The van der Waals surface area contributed by atoms with E-state index in [-0.39, 0.29) is 6.04 Å². The zero-order valence-electron chi connectivity index (χ0n) is 7.71. The minimum absolute atomic E-state index is 0.185. The summed E-state index contributed by atoms with van der Waals surface area (Å²) in [4.78, 5) is 13.8. The first-order valence-corrected chi connectivity index (χ1v) is 4.80. The van der Waals surface area contributed by atoms with Gasteiger partial charge >= 0.3 is 0 Å². The van der Waals surface area contributed by atoms with Crippen LogP contribution in [0.1, 0.15) is 20.3 Å². The monoisotopic (exact) mass is 168 g/mol. The van der Waals surface area contributed by atoms with Crippen LogP contribution < -0.4 is 5.32 Å². The molecule has 2 fully saturated rings. The summed E-state index contributed by atoms with van der Waals surface area (Å²) >= 11 is 0. The van der Waals surface area contributed by atoms with Crippen molar-refractivity contribution in [3.8, 4) is 0 Å². The van der Waals surface area contributed by atoms with Gasteiger partial charge in [0.25, 0.3) is 0 Å². The molecule has 3 atom stereocenters. The summed E-state index contributed by atoms with van der Waals surface area (Å²) < 4.78 is 0. The van der Waals surface area contributed by atoms with Crippen LogP contribution in [0.5, 0.6) is 0 Å². The van der Waals surface area contributed by atoms with Crippen molar-refractivity contribution in [2.24, 2.45) is 0 Å². The van der Waals surface area contributed by atoms with Gasteiger partial charge in [-0.3, -0.25) is 9.69 Å². The van der Waals surface area contributed by atoms with Gasteiger partial charge in [0, 0.05) is 25.0 Å². The van der Waals surface area contributed by atoms with Crippen LogP contribution >= 0.6 is 0 Å². The van der Waals surface area contributed by atoms with Crippen molar-refractivity contribution in [1.29, 1.82) is 0 Å². The summed E-state index contributed by atoms with van der Waals surface area (Å²) in [7, 11) is 0. The first kappa shape index (κ1) is 8.20. The van der Waals surface area contributed by atoms with Gasteiger partial charge in [0.05, 0.1) is 6.04 Å². The molecule has 3 nitrogen and oxygen atoms in total. The highest BCUT2D eigenvalue weighted by Crippen LogP contribution is 2.29. The summed E-state index contributed by atoms with van der Waals surface area (Å²) in [6.07, 6.45) is 0.673. The number of nitrogens with zero attached hydrogens (tertiary/aromatic N) is 1. The molecule has 0 bridgehead atoms. The Morgan fingerprint density at radius 2 is 2.33 bits per heavy atom. The van der Waals surface area contributed by atoms with Crippen molar-refractivity contribution in [1.82, 2.24) is 10.2 Å². The minimum atomic E-state index is 0.185. The molecule has 0 spiro atoms. The summed E-state index contributed by atoms with van der Waals surface area (Å²) in [5.41, 5.74) is 0. The number of carbonyl (C=O) groups excluding carboxylic acids is 1. The van der Waals surface area contributed by atoms with Gasteiger partial charge in [-0.15, -0.1) is 0 Å². The van der Waals surface area contributed by atoms with Gasteiger partial charge in [-0.25, -0.2) is 0 Å². The molecule has 3 unspecified atom stereocenters. The van der Waals surface area contributed by atoms with E-state index in [4.69, 9.17) is 0 Å². The quantitative estimate of drug-likeness (QED) is 0.604. The fourth-order valence-electron chi connectivity index (χ4n) is 2.20. The van der Waals surface area contributed by atoms with E-state index in [2.05, 4.69) is 17.1 Å². The summed E-state index contributed by atoms with van der Waals surface area (Å²) in [6, 6.07) is 1.29. The standard InChI is InChI=1S/C9H16N2O/c1-3-7(12)9-8-6(10-8)5-11(9)4-2/h6,8-10H,3-5H2,1-2H3. The predicted octanol–water partition coefficient (Wildman–Crippen LogP) is 0.0100. The van der Waals surface area contributed by atoms with Gasteiger partial charge in [0.15, 0.2) is 5.78 Å². The third-order valence-corrected chi connectivity index (χ3v) is 2.98. The van der Waals surface area contributed by atoms with Crippen LogP contribution in [0.15, 0.2) is 0 Å². The predicted molar refractivity (Wildman–Crippen MR) is 47.0 cm³/mol. The van der Waals surface area contributed by atoms with Crippen molar-refractivity contribution >= 4 is 5.78 Å². The van der Waals surface area contributed by atoms with E-state index in [1.54, 1.807) is 0 Å². The van der Waals surface area contributed by atoms with Gasteiger partial charge in [-0.2, -0.15) is 0 Å². The Morgan fingerprint density at radius 1 is 1.58 bits per heavy atom. The van der Waals surface area contributed by atoms with Crippen LogP contribution in [0.4, 0.5) is 0 Å². The number of likely N-dealkylation sites (N-methyl/N-ethyl adjacent to an activating group) is 1. The SMILES string of the molecule is CCC(=O)C1C2NC2CN1CC. The molecule has 0 aliphatic carbocycles. The first-order valence-electron chi connectivity index (χ1n) is 4.80. The van der Waals surface area contributed by atoms with Crippen molar-refractivity contribution < 1.29 is 4.79 Å². The number of carbonyl (C=O) groups is 1. The maximum atomic E-state index is 11.5. The smallest absolute Gasteiger partial charge is 0.151 e. The normalized spacial score (nSPS) is 39.7. The molecular weight excluding hydrogens is 152 g/mol. The fourth-order valence-corrected chi connectivity index (χ4v) is 2.20. The van der Waals surface area contributed by atoms with Crippen LogP contribution in [-0.4, -0.2) is 41.9 Å². The van der Waals surface area contributed by atoms with Gasteiger partial charge in [-0.1, -0.05) is 13.8 Å². The lowest BCUT2D eigenvalue weighted by Crippen LogP contribution is -2.42. The van der Waals surface area contributed by atoms with Crippen molar-refractivity contribution in [2.45, 2.75) is 38.4 Å². The molecule has 2 heterocycles. The molecule has 0 saturated carbocycles. The Balaban J connectivity index is 2.05. The lowest BCUT2D eigenvalue weighted by Gasteiger charge is -2.23. The Morgan fingerprint density at radius 3 is 2.92 bits per heavy atom. The molecule has 2 saturated heterocycles. The first-order chi connectivity index (χ1) is 5.77. The number of Topliss-reactive ketones (excluding diaryl/α,β-unsaturated/α-hetero) is 1. The number of likely N-dealkylation sites (tertiary alicyclic amines) is 1. The minimum Gasteiger partial charge on any atom is -0.305 e. The highest BCUT2D eigenvalue weighted by molar-refractivity contribution is 5.85. The number of hydrogen-bond acceptors (Lipinski definition) is 3. The lowest BCUT2D eigenvalue weighted by atomic mass is 10.1. The van der Waals surface area contributed by atoms with E-state index in [0.717, 1.165) is 13.1 Å². The van der Waals surface area contributed by atoms with Crippen molar-refractivity contribution in [2.75, 3.05) is 13.1 Å². The summed E-state index contributed by atoms with van der Waals surface area (Å²) in [5, 5.41) is 3.34. The van der Waals surface area contributed by atoms with Gasteiger partial charge < -0.3 is 5.32 Å². The zero-order valence-corrected chi connectivity index (χ0v) is 7.71. The Kier molecular flexibility index (Phi) is 1.93. The second-order valence-electron chi connectivity index (χ2n) is 3.65. The van der Waals surface area contributed by atoms with Gasteiger partial charge in [0.1, 0.15) is 0 Å². The van der Waals surface area contributed by atoms with E-state index >= 15 is 0 Å². The molecular formula is C9H16N2O. The molecule has 12 heavy (non-hydrogen) atoms. The van der Waals surface area contributed by atoms with E-state index in [0.29, 0.717) is 24.3 Å². The largest absolute Gasteiger partial charge is 0.305 e. The maximum absolute atomic E-state index is 11.5. The molecule has 2 rings (SSSR count). The van der Waals surface area contributed by atoms with Crippen molar-refractivity contribution in [3.05, 3.63) is 0 Å². The zero-order chi connectivity index (χ0) is 8.72. The van der Waals surface area contributed by atoms with Gasteiger partial charge in [0.2, 0.25) is 0 Å². The van der Waals surface area contributed by atoms with E-state index in [1.807, 2.05) is 6.92 Å². The summed E-state index contributed by atoms with van der Waals surface area (Å²) in [6.45, 7) is 6.15. The average molecular weight is 168 g/mol. The van der Waals surface area contributed by atoms with Crippen LogP contribution in [0.25, 0.3) is 0 Å². The fraction of sp³-hybridized carbons (Fsp3) is 0.889. The topological polar surface area (TPSA) is 42.3 Å². The number of fused-ring (bicyclic) bond motifs is 1. The molecule has 2 aliphatic rings. The number of hydrogen-bond donors (Lipinski definition) is 1. The Hall–Kier alpha value is -0.410. The number of nitrogens with one attached hydrogen (secondary N) is 1. The van der Waals surface area contributed by atoms with Crippen LogP contribution in [0, 0.1) is 0 Å². The molecule has 68 valence electrons.